The fourth-order valence-corrected chi connectivity index (χ4v) is 1.90. The Morgan fingerprint density at radius 2 is 1.78 bits per heavy atom. The van der Waals surface area contributed by atoms with Crippen LogP contribution in [0.25, 0.3) is 11.1 Å². The highest BCUT2D eigenvalue weighted by Crippen LogP contribution is 2.25. The van der Waals surface area contributed by atoms with Gasteiger partial charge in [0, 0.05) is 5.02 Å². The van der Waals surface area contributed by atoms with E-state index in [1.54, 1.807) is 0 Å². The standard InChI is InChI=1S/C16H17ClO/c1-3-12(2)18-16-9-7-13(8-10-16)14-5-4-6-15(17)11-14/h4-12H,3H2,1-2H3. The second kappa shape index (κ2) is 5.92. The van der Waals surface area contributed by atoms with Gasteiger partial charge in [-0.1, -0.05) is 42.8 Å². The molecule has 0 N–H and O–H groups in total. The van der Waals surface area contributed by atoms with Crippen LogP contribution in [-0.4, -0.2) is 6.10 Å². The highest BCUT2D eigenvalue weighted by atomic mass is 35.5. The molecule has 0 saturated heterocycles. The van der Waals surface area contributed by atoms with Gasteiger partial charge in [0.1, 0.15) is 5.75 Å². The second-order valence-corrected chi connectivity index (χ2v) is 4.81. The third-order valence-corrected chi connectivity index (χ3v) is 3.16. The van der Waals surface area contributed by atoms with E-state index in [1.165, 1.54) is 0 Å². The summed E-state index contributed by atoms with van der Waals surface area (Å²) in [7, 11) is 0. The van der Waals surface area contributed by atoms with Crippen LogP contribution >= 0.6 is 11.6 Å². The molecule has 1 atom stereocenters. The summed E-state index contributed by atoms with van der Waals surface area (Å²) in [4.78, 5) is 0. The molecule has 2 aromatic carbocycles. The van der Waals surface area contributed by atoms with Gasteiger partial charge in [-0.3, -0.25) is 0 Å². The number of benzene rings is 2. The van der Waals surface area contributed by atoms with E-state index in [0.29, 0.717) is 0 Å². The summed E-state index contributed by atoms with van der Waals surface area (Å²) in [6.07, 6.45) is 1.26. The molecule has 0 spiro atoms. The van der Waals surface area contributed by atoms with E-state index in [-0.39, 0.29) is 6.10 Å². The van der Waals surface area contributed by atoms with Gasteiger partial charge in [0.15, 0.2) is 0 Å². The van der Waals surface area contributed by atoms with Crippen LogP contribution in [0.2, 0.25) is 5.02 Å². The first-order chi connectivity index (χ1) is 8.69. The summed E-state index contributed by atoms with van der Waals surface area (Å²) >= 11 is 5.99. The molecular formula is C16H17ClO. The fourth-order valence-electron chi connectivity index (χ4n) is 1.71. The largest absolute Gasteiger partial charge is 0.491 e. The number of hydrogen-bond acceptors (Lipinski definition) is 1. The molecule has 0 aliphatic heterocycles. The maximum atomic E-state index is 5.99. The number of halogens is 1. The van der Waals surface area contributed by atoms with Gasteiger partial charge in [-0.05, 0) is 48.7 Å². The van der Waals surface area contributed by atoms with Crippen LogP contribution in [0.4, 0.5) is 0 Å². The third kappa shape index (κ3) is 3.27. The molecule has 1 unspecified atom stereocenters. The Balaban J connectivity index is 2.17. The van der Waals surface area contributed by atoms with E-state index in [1.807, 2.05) is 30.3 Å². The van der Waals surface area contributed by atoms with Crippen molar-refractivity contribution in [1.82, 2.24) is 0 Å². The molecule has 0 aliphatic carbocycles. The van der Waals surface area contributed by atoms with Crippen molar-refractivity contribution in [1.29, 1.82) is 0 Å². The summed E-state index contributed by atoms with van der Waals surface area (Å²) < 4.78 is 5.75. The van der Waals surface area contributed by atoms with Crippen LogP contribution in [0.15, 0.2) is 48.5 Å². The lowest BCUT2D eigenvalue weighted by Crippen LogP contribution is -2.09. The van der Waals surface area contributed by atoms with E-state index in [2.05, 4.69) is 32.0 Å². The van der Waals surface area contributed by atoms with Gasteiger partial charge in [0.2, 0.25) is 0 Å². The summed E-state index contributed by atoms with van der Waals surface area (Å²) in [6, 6.07) is 16.0. The van der Waals surface area contributed by atoms with Gasteiger partial charge < -0.3 is 4.74 Å². The van der Waals surface area contributed by atoms with Crippen molar-refractivity contribution >= 4 is 11.6 Å². The highest BCUT2D eigenvalue weighted by molar-refractivity contribution is 6.30. The lowest BCUT2D eigenvalue weighted by Gasteiger charge is -2.12. The molecule has 0 amide bonds. The minimum absolute atomic E-state index is 0.252. The molecule has 0 aliphatic rings. The van der Waals surface area contributed by atoms with Crippen LogP contribution in [0.1, 0.15) is 20.3 Å². The normalized spacial score (nSPS) is 12.2. The molecule has 0 radical (unpaired) electrons. The maximum absolute atomic E-state index is 5.99. The first-order valence-corrected chi connectivity index (χ1v) is 6.59. The molecule has 2 heteroatoms. The van der Waals surface area contributed by atoms with Gasteiger partial charge in [0.25, 0.3) is 0 Å². The van der Waals surface area contributed by atoms with E-state index >= 15 is 0 Å². The molecule has 2 rings (SSSR count). The van der Waals surface area contributed by atoms with Crippen molar-refractivity contribution in [2.75, 3.05) is 0 Å². The Morgan fingerprint density at radius 1 is 1.06 bits per heavy atom. The number of hydrogen-bond donors (Lipinski definition) is 0. The van der Waals surface area contributed by atoms with Crippen molar-refractivity contribution in [2.45, 2.75) is 26.4 Å². The Morgan fingerprint density at radius 3 is 2.39 bits per heavy atom. The molecule has 0 aromatic heterocycles. The van der Waals surface area contributed by atoms with Crippen molar-refractivity contribution < 1.29 is 4.74 Å². The first-order valence-electron chi connectivity index (χ1n) is 6.21. The van der Waals surface area contributed by atoms with Gasteiger partial charge in [-0.2, -0.15) is 0 Å². The Labute approximate surface area is 113 Å². The lowest BCUT2D eigenvalue weighted by atomic mass is 10.1. The van der Waals surface area contributed by atoms with Crippen LogP contribution in [0, 0.1) is 0 Å². The predicted octanol–water partition coefficient (Wildman–Crippen LogP) is 5.18. The molecule has 0 saturated carbocycles. The van der Waals surface area contributed by atoms with Gasteiger partial charge in [0.05, 0.1) is 6.10 Å². The second-order valence-electron chi connectivity index (χ2n) is 4.37. The summed E-state index contributed by atoms with van der Waals surface area (Å²) in [6.45, 7) is 4.19. The van der Waals surface area contributed by atoms with Crippen LogP contribution in [0.5, 0.6) is 5.75 Å². The van der Waals surface area contributed by atoms with Crippen molar-refractivity contribution in [3.05, 3.63) is 53.6 Å². The van der Waals surface area contributed by atoms with E-state index in [0.717, 1.165) is 28.3 Å². The molecule has 0 bridgehead atoms. The predicted molar refractivity (Wildman–Crippen MR) is 77.3 cm³/mol. The van der Waals surface area contributed by atoms with E-state index < -0.39 is 0 Å². The topological polar surface area (TPSA) is 9.23 Å². The van der Waals surface area contributed by atoms with Gasteiger partial charge in [-0.25, -0.2) is 0 Å². The van der Waals surface area contributed by atoms with Crippen molar-refractivity contribution in [3.8, 4) is 16.9 Å². The van der Waals surface area contributed by atoms with Gasteiger partial charge >= 0.3 is 0 Å². The summed E-state index contributed by atoms with van der Waals surface area (Å²) in [5.41, 5.74) is 2.27. The monoisotopic (exact) mass is 260 g/mol. The lowest BCUT2D eigenvalue weighted by molar-refractivity contribution is 0.217. The molecule has 2 aromatic rings. The Bertz CT molecular complexity index is 505. The molecule has 1 nitrogen and oxygen atoms in total. The highest BCUT2D eigenvalue weighted by Gasteiger charge is 2.02. The van der Waals surface area contributed by atoms with Crippen molar-refractivity contribution in [3.63, 3.8) is 0 Å². The average Bonchev–Trinajstić information content (AvgIpc) is 2.39. The third-order valence-electron chi connectivity index (χ3n) is 2.92. The number of ether oxygens (including phenoxy) is 1. The van der Waals surface area contributed by atoms with Crippen LogP contribution in [-0.2, 0) is 0 Å². The minimum Gasteiger partial charge on any atom is -0.491 e. The summed E-state index contributed by atoms with van der Waals surface area (Å²) in [5, 5.41) is 0.757. The molecule has 0 heterocycles. The zero-order valence-electron chi connectivity index (χ0n) is 10.7. The number of rotatable bonds is 4. The zero-order valence-corrected chi connectivity index (χ0v) is 11.4. The van der Waals surface area contributed by atoms with Crippen molar-refractivity contribution in [2.24, 2.45) is 0 Å². The summed E-state index contributed by atoms with van der Waals surface area (Å²) in [5.74, 6) is 0.912. The molecular weight excluding hydrogens is 244 g/mol. The Kier molecular flexibility index (Phi) is 4.27. The SMILES string of the molecule is CCC(C)Oc1ccc(-c2cccc(Cl)c2)cc1. The van der Waals surface area contributed by atoms with E-state index in [9.17, 15) is 0 Å². The smallest absolute Gasteiger partial charge is 0.119 e. The Hall–Kier alpha value is -1.47. The average molecular weight is 261 g/mol. The van der Waals surface area contributed by atoms with E-state index in [4.69, 9.17) is 16.3 Å². The van der Waals surface area contributed by atoms with Crippen LogP contribution in [0.3, 0.4) is 0 Å². The first kappa shape index (κ1) is 13.0. The molecule has 18 heavy (non-hydrogen) atoms. The molecule has 94 valence electrons. The quantitative estimate of drug-likeness (QED) is 0.736. The fraction of sp³-hybridized carbons (Fsp3) is 0.250. The van der Waals surface area contributed by atoms with Crippen LogP contribution < -0.4 is 4.74 Å². The zero-order chi connectivity index (χ0) is 13.0. The molecule has 0 fully saturated rings. The van der Waals surface area contributed by atoms with Gasteiger partial charge in [-0.15, -0.1) is 0 Å². The maximum Gasteiger partial charge on any atom is 0.119 e. The minimum atomic E-state index is 0.252.